The van der Waals surface area contributed by atoms with Crippen LogP contribution in [0, 0.1) is 0 Å². The molecule has 4 nitrogen and oxygen atoms in total. The van der Waals surface area contributed by atoms with E-state index in [0.717, 1.165) is 37.0 Å². The van der Waals surface area contributed by atoms with Crippen molar-refractivity contribution in [2.45, 2.75) is 37.3 Å². The van der Waals surface area contributed by atoms with Crippen molar-refractivity contribution in [2.24, 2.45) is 0 Å². The minimum absolute atomic E-state index is 0.0791. The van der Waals surface area contributed by atoms with Gasteiger partial charge in [0.25, 0.3) is 0 Å². The van der Waals surface area contributed by atoms with Gasteiger partial charge in [-0.05, 0) is 30.5 Å². The van der Waals surface area contributed by atoms with Gasteiger partial charge < -0.3 is 14.4 Å². The fraction of sp³-hybridized carbons (Fsp3) is 0.562. The normalized spacial score (nSPS) is 30.0. The first-order chi connectivity index (χ1) is 9.67. The summed E-state index contributed by atoms with van der Waals surface area (Å²) < 4.78 is 11.4. The molecule has 0 radical (unpaired) electrons. The molecule has 0 spiro atoms. The topological polar surface area (TPSA) is 38.8 Å². The van der Waals surface area contributed by atoms with Crippen LogP contribution in [0.4, 0.5) is 0 Å². The molecule has 3 rings (SSSR count). The van der Waals surface area contributed by atoms with Crippen LogP contribution in [0.25, 0.3) is 0 Å². The molecular weight excluding hydrogens is 254 g/mol. The van der Waals surface area contributed by atoms with Crippen LogP contribution in [0.2, 0.25) is 0 Å². The van der Waals surface area contributed by atoms with E-state index in [2.05, 4.69) is 6.07 Å². The zero-order valence-corrected chi connectivity index (χ0v) is 12.1. The van der Waals surface area contributed by atoms with Crippen molar-refractivity contribution >= 4 is 5.91 Å². The number of ether oxygens (including phenoxy) is 2. The first-order valence-corrected chi connectivity index (χ1v) is 7.21. The van der Waals surface area contributed by atoms with E-state index in [1.54, 1.807) is 7.11 Å². The first kappa shape index (κ1) is 13.4. The molecule has 0 aromatic heterocycles. The Morgan fingerprint density at radius 3 is 3.05 bits per heavy atom. The Morgan fingerprint density at radius 2 is 2.25 bits per heavy atom. The van der Waals surface area contributed by atoms with Crippen LogP contribution < -0.4 is 4.74 Å². The Morgan fingerprint density at radius 1 is 1.40 bits per heavy atom. The smallest absolute Gasteiger partial charge is 0.248 e. The van der Waals surface area contributed by atoms with E-state index in [1.165, 1.54) is 0 Å². The Balaban J connectivity index is 2.03. The SMILES string of the molecule is COc1cccc([C@@]23CCCC[C@H]2N(C)C(=O)CO3)c1. The van der Waals surface area contributed by atoms with E-state index >= 15 is 0 Å². The molecule has 1 amide bonds. The molecule has 2 aliphatic rings. The van der Waals surface area contributed by atoms with Gasteiger partial charge in [0.1, 0.15) is 18.0 Å². The second kappa shape index (κ2) is 5.09. The number of benzene rings is 1. The predicted molar refractivity (Wildman–Crippen MR) is 75.7 cm³/mol. The summed E-state index contributed by atoms with van der Waals surface area (Å²) in [5, 5.41) is 0. The molecule has 1 aliphatic heterocycles. The van der Waals surface area contributed by atoms with Crippen LogP contribution in [0.3, 0.4) is 0 Å². The van der Waals surface area contributed by atoms with Crippen LogP contribution in [0.15, 0.2) is 24.3 Å². The summed E-state index contributed by atoms with van der Waals surface area (Å²) in [4.78, 5) is 13.8. The summed E-state index contributed by atoms with van der Waals surface area (Å²) in [5.41, 5.74) is 0.760. The lowest BCUT2D eigenvalue weighted by atomic mass is 9.74. The highest BCUT2D eigenvalue weighted by molar-refractivity contribution is 5.78. The molecule has 1 saturated heterocycles. The number of amides is 1. The highest BCUT2D eigenvalue weighted by Crippen LogP contribution is 2.45. The van der Waals surface area contributed by atoms with E-state index in [-0.39, 0.29) is 24.2 Å². The van der Waals surface area contributed by atoms with Crippen LogP contribution in [-0.2, 0) is 15.1 Å². The number of carbonyl (C=O) groups is 1. The maximum atomic E-state index is 11.9. The van der Waals surface area contributed by atoms with Crippen molar-refractivity contribution in [1.82, 2.24) is 4.90 Å². The monoisotopic (exact) mass is 275 g/mol. The van der Waals surface area contributed by atoms with E-state index in [1.807, 2.05) is 30.1 Å². The number of methoxy groups -OCH3 is 1. The minimum Gasteiger partial charge on any atom is -0.497 e. The summed E-state index contributed by atoms with van der Waals surface area (Å²) in [6, 6.07) is 8.20. The molecular formula is C16H21NO3. The van der Waals surface area contributed by atoms with Crippen molar-refractivity contribution in [3.63, 3.8) is 0 Å². The molecule has 1 aromatic rings. The van der Waals surface area contributed by atoms with Crippen LogP contribution in [-0.4, -0.2) is 37.6 Å². The van der Waals surface area contributed by atoms with Gasteiger partial charge in [-0.25, -0.2) is 0 Å². The molecule has 108 valence electrons. The second-order valence-electron chi connectivity index (χ2n) is 5.68. The molecule has 1 saturated carbocycles. The number of rotatable bonds is 2. The van der Waals surface area contributed by atoms with E-state index in [9.17, 15) is 4.79 Å². The largest absolute Gasteiger partial charge is 0.497 e. The van der Waals surface area contributed by atoms with Crippen molar-refractivity contribution in [2.75, 3.05) is 20.8 Å². The summed E-state index contributed by atoms with van der Waals surface area (Å²) in [7, 11) is 3.57. The van der Waals surface area contributed by atoms with Crippen molar-refractivity contribution in [3.05, 3.63) is 29.8 Å². The number of likely N-dealkylation sites (N-methyl/N-ethyl adjacent to an activating group) is 1. The number of morpholine rings is 1. The lowest BCUT2D eigenvalue weighted by Crippen LogP contribution is -2.60. The van der Waals surface area contributed by atoms with Gasteiger partial charge >= 0.3 is 0 Å². The third kappa shape index (κ3) is 1.99. The third-order valence-electron chi connectivity index (χ3n) is 4.69. The van der Waals surface area contributed by atoms with Crippen LogP contribution in [0.5, 0.6) is 5.75 Å². The summed E-state index contributed by atoms with van der Waals surface area (Å²) >= 11 is 0. The Bertz CT molecular complexity index is 516. The molecule has 4 heteroatoms. The summed E-state index contributed by atoms with van der Waals surface area (Å²) in [5.74, 6) is 0.916. The molecule has 0 unspecified atom stereocenters. The zero-order chi connectivity index (χ0) is 14.2. The van der Waals surface area contributed by atoms with Gasteiger partial charge in [-0.1, -0.05) is 25.0 Å². The minimum atomic E-state index is -0.366. The third-order valence-corrected chi connectivity index (χ3v) is 4.69. The Kier molecular flexibility index (Phi) is 3.42. The van der Waals surface area contributed by atoms with Crippen LogP contribution >= 0.6 is 0 Å². The van der Waals surface area contributed by atoms with Gasteiger partial charge in [-0.2, -0.15) is 0 Å². The van der Waals surface area contributed by atoms with Crippen molar-refractivity contribution in [1.29, 1.82) is 0 Å². The van der Waals surface area contributed by atoms with E-state index in [0.29, 0.717) is 0 Å². The summed E-state index contributed by atoms with van der Waals surface area (Å²) in [6.07, 6.45) is 4.25. The van der Waals surface area contributed by atoms with Gasteiger partial charge in [0, 0.05) is 7.05 Å². The predicted octanol–water partition coefficient (Wildman–Crippen LogP) is 2.32. The molecule has 1 aromatic carbocycles. The van der Waals surface area contributed by atoms with Crippen molar-refractivity contribution in [3.8, 4) is 5.75 Å². The Hall–Kier alpha value is -1.55. The van der Waals surface area contributed by atoms with Gasteiger partial charge in [-0.15, -0.1) is 0 Å². The van der Waals surface area contributed by atoms with E-state index < -0.39 is 0 Å². The second-order valence-corrected chi connectivity index (χ2v) is 5.68. The average molecular weight is 275 g/mol. The van der Waals surface area contributed by atoms with Gasteiger partial charge in [0.05, 0.1) is 13.2 Å². The molecule has 0 bridgehead atoms. The quantitative estimate of drug-likeness (QED) is 0.831. The Labute approximate surface area is 119 Å². The highest BCUT2D eigenvalue weighted by atomic mass is 16.5. The fourth-order valence-electron chi connectivity index (χ4n) is 3.57. The average Bonchev–Trinajstić information content (AvgIpc) is 2.51. The molecule has 0 N–H and O–H groups in total. The maximum Gasteiger partial charge on any atom is 0.248 e. The number of carbonyl (C=O) groups excluding carboxylic acids is 1. The lowest BCUT2D eigenvalue weighted by Gasteiger charge is -2.51. The standard InChI is InChI=1S/C16H21NO3/c1-17-14-8-3-4-9-16(14,20-11-15(17)18)12-6-5-7-13(10-12)19-2/h5-7,10,14H,3-4,8-9,11H2,1-2H3/t14-,16+/m1/s1. The summed E-state index contributed by atoms with van der Waals surface area (Å²) in [6.45, 7) is 0.171. The number of hydrogen-bond donors (Lipinski definition) is 0. The molecule has 2 fully saturated rings. The maximum absolute atomic E-state index is 11.9. The lowest BCUT2D eigenvalue weighted by molar-refractivity contribution is -0.186. The van der Waals surface area contributed by atoms with Crippen molar-refractivity contribution < 1.29 is 14.3 Å². The fourth-order valence-corrected chi connectivity index (χ4v) is 3.57. The zero-order valence-electron chi connectivity index (χ0n) is 12.1. The van der Waals surface area contributed by atoms with Gasteiger partial charge in [0.15, 0.2) is 0 Å². The molecule has 20 heavy (non-hydrogen) atoms. The van der Waals surface area contributed by atoms with Gasteiger partial charge in [-0.3, -0.25) is 4.79 Å². The van der Waals surface area contributed by atoms with Crippen LogP contribution in [0.1, 0.15) is 31.2 Å². The number of fused-ring (bicyclic) bond motifs is 1. The molecule has 2 atom stereocenters. The molecule has 1 heterocycles. The first-order valence-electron chi connectivity index (χ1n) is 7.21. The van der Waals surface area contributed by atoms with E-state index in [4.69, 9.17) is 9.47 Å². The number of hydrogen-bond acceptors (Lipinski definition) is 3. The number of nitrogens with zero attached hydrogens (tertiary/aromatic N) is 1. The van der Waals surface area contributed by atoms with Gasteiger partial charge in [0.2, 0.25) is 5.91 Å². The molecule has 1 aliphatic carbocycles. The highest BCUT2D eigenvalue weighted by Gasteiger charge is 2.49.